The molecule has 5 atom stereocenters. The number of carbonyl (C=O) groups excluding carboxylic acids is 2. The smallest absolute Gasteiger partial charge is 0.361 e. The van der Waals surface area contributed by atoms with Gasteiger partial charge in [-0.25, -0.2) is 9.59 Å². The number of carbonyl (C=O) groups is 2. The van der Waals surface area contributed by atoms with Crippen LogP contribution in [-0.2, 0) is 25.5 Å². The molecule has 0 bridgehead atoms. The lowest BCUT2D eigenvalue weighted by Gasteiger charge is -2.38. The average Bonchev–Trinajstić information content (AvgIpc) is 3.23. The highest BCUT2D eigenvalue weighted by Gasteiger charge is 2.49. The second-order valence-electron chi connectivity index (χ2n) is 7.98. The number of aliphatic hydroxyl groups excluding tert-OH is 3. The first-order chi connectivity index (χ1) is 17.2. The summed E-state index contributed by atoms with van der Waals surface area (Å²) >= 11 is 12.3. The molecule has 0 aliphatic carbocycles. The van der Waals surface area contributed by atoms with Gasteiger partial charge < -0.3 is 29.5 Å². The van der Waals surface area contributed by atoms with Crippen molar-refractivity contribution in [2.45, 2.75) is 37.3 Å². The van der Waals surface area contributed by atoms with Crippen molar-refractivity contribution < 1.29 is 39.1 Å². The molecule has 4 rings (SSSR count). The molecule has 1 aliphatic heterocycles. The van der Waals surface area contributed by atoms with Crippen molar-refractivity contribution in [3.05, 3.63) is 76.4 Å². The second-order valence-corrected chi connectivity index (χ2v) is 8.82. The summed E-state index contributed by atoms with van der Waals surface area (Å²) in [4.78, 5) is 25.3. The Kier molecular flexibility index (Phi) is 7.94. The first kappa shape index (κ1) is 26.1. The Morgan fingerprint density at radius 1 is 1.11 bits per heavy atom. The molecule has 1 aromatic heterocycles. The van der Waals surface area contributed by atoms with E-state index in [9.17, 15) is 24.9 Å². The lowest BCUT2D eigenvalue weighted by molar-refractivity contribution is -0.279. The molecule has 1 unspecified atom stereocenters. The lowest BCUT2D eigenvalue weighted by Crippen LogP contribution is -2.60. The fourth-order valence-corrected chi connectivity index (χ4v) is 4.20. The summed E-state index contributed by atoms with van der Waals surface area (Å²) in [7, 11) is 0. The Balaban J connectivity index is 1.59. The van der Waals surface area contributed by atoms with Crippen molar-refractivity contribution in [3.63, 3.8) is 0 Å². The van der Waals surface area contributed by atoms with Crippen LogP contribution in [0.15, 0.2) is 55.1 Å². The number of rotatable bonds is 7. The summed E-state index contributed by atoms with van der Waals surface area (Å²) in [6, 6.07) is 11.9. The maximum Gasteiger partial charge on any atom is 0.361 e. The van der Waals surface area contributed by atoms with E-state index in [4.69, 9.17) is 37.4 Å². The van der Waals surface area contributed by atoms with Gasteiger partial charge in [0.25, 0.3) is 0 Å². The van der Waals surface area contributed by atoms with Crippen molar-refractivity contribution >= 4 is 46.0 Å². The van der Waals surface area contributed by atoms with Gasteiger partial charge in [0.05, 0.1) is 12.1 Å². The topological polar surface area (TPSA) is 140 Å². The summed E-state index contributed by atoms with van der Waals surface area (Å²) in [6.07, 6.45) is -7.69. The van der Waals surface area contributed by atoms with Gasteiger partial charge in [0.1, 0.15) is 24.9 Å². The largest absolute Gasteiger partial charge is 0.459 e. The number of halogens is 2. The third-order valence-corrected chi connectivity index (χ3v) is 6.14. The van der Waals surface area contributed by atoms with E-state index < -0.39 is 42.6 Å². The predicted octanol–water partition coefficient (Wildman–Crippen LogP) is 2.08. The third-order valence-electron chi connectivity index (χ3n) is 5.56. The molecule has 190 valence electrons. The number of esters is 2. The molecule has 2 aromatic carbocycles. The van der Waals surface area contributed by atoms with Crippen molar-refractivity contribution in [3.8, 4) is 0 Å². The minimum Gasteiger partial charge on any atom is -0.459 e. The molecule has 1 fully saturated rings. The summed E-state index contributed by atoms with van der Waals surface area (Å²) < 4.78 is 17.0. The number of fused-ring (bicyclic) bond motifs is 1. The molecule has 3 aromatic rings. The van der Waals surface area contributed by atoms with Crippen LogP contribution >= 0.6 is 23.2 Å². The van der Waals surface area contributed by atoms with Crippen LogP contribution in [0.3, 0.4) is 0 Å². The average molecular weight is 537 g/mol. The molecule has 36 heavy (non-hydrogen) atoms. The fraction of sp³-hybridized carbons (Fsp3) is 0.292. The van der Waals surface area contributed by atoms with Gasteiger partial charge in [-0.2, -0.15) is 5.10 Å². The van der Waals surface area contributed by atoms with Crippen molar-refractivity contribution in [1.29, 1.82) is 0 Å². The highest BCUT2D eigenvalue weighted by molar-refractivity contribution is 6.35. The van der Waals surface area contributed by atoms with Gasteiger partial charge in [-0.15, -0.1) is 0 Å². The number of ether oxygens (including phenoxy) is 3. The fourth-order valence-electron chi connectivity index (χ4n) is 3.73. The number of hydrogen-bond donors (Lipinski definition) is 3. The first-order valence-corrected chi connectivity index (χ1v) is 11.5. The van der Waals surface area contributed by atoms with Gasteiger partial charge in [0.15, 0.2) is 11.8 Å². The van der Waals surface area contributed by atoms with Gasteiger partial charge >= 0.3 is 11.9 Å². The normalized spacial score (nSPS) is 23.9. The molecule has 12 heteroatoms. The molecule has 10 nitrogen and oxygen atoms in total. The van der Waals surface area contributed by atoms with Crippen LogP contribution in [-0.4, -0.2) is 74.4 Å². The first-order valence-electron chi connectivity index (χ1n) is 10.8. The number of nitrogens with zero attached hydrogens (tertiary/aromatic N) is 2. The van der Waals surface area contributed by atoms with E-state index in [0.29, 0.717) is 26.5 Å². The number of hydrogen-bond acceptors (Lipinski definition) is 9. The summed E-state index contributed by atoms with van der Waals surface area (Å²) in [6.45, 7) is 3.46. The van der Waals surface area contributed by atoms with Gasteiger partial charge in [0.2, 0.25) is 6.29 Å². The zero-order valence-electron chi connectivity index (χ0n) is 18.7. The van der Waals surface area contributed by atoms with E-state index >= 15 is 0 Å². The van der Waals surface area contributed by atoms with Crippen LogP contribution in [0.1, 0.15) is 16.1 Å². The Morgan fingerprint density at radius 3 is 2.58 bits per heavy atom. The Morgan fingerprint density at radius 2 is 1.86 bits per heavy atom. The highest BCUT2D eigenvalue weighted by Crippen LogP contribution is 2.27. The number of aromatic nitrogens is 2. The van der Waals surface area contributed by atoms with Crippen molar-refractivity contribution in [2.75, 3.05) is 6.61 Å². The van der Waals surface area contributed by atoms with Crippen LogP contribution < -0.4 is 0 Å². The van der Waals surface area contributed by atoms with Gasteiger partial charge in [-0.05, 0) is 23.8 Å². The van der Waals surface area contributed by atoms with E-state index in [2.05, 4.69) is 11.7 Å². The predicted molar refractivity (Wildman–Crippen MR) is 129 cm³/mol. The number of benzene rings is 2. The van der Waals surface area contributed by atoms with E-state index in [1.54, 1.807) is 47.1 Å². The molecule has 1 aliphatic rings. The van der Waals surface area contributed by atoms with E-state index in [1.165, 1.54) is 6.08 Å². The molecule has 0 saturated carbocycles. The van der Waals surface area contributed by atoms with E-state index in [-0.39, 0.29) is 18.8 Å². The maximum absolute atomic E-state index is 13.1. The van der Waals surface area contributed by atoms with Gasteiger partial charge in [-0.1, -0.05) is 60.1 Å². The standard InChI is InChI=1S/C24H22Cl2N2O8/c1-2-9-34-23(33)21-19(30)18(29)20(31)24(35-21)36-22(32)17-14-5-3-4-6-16(14)28(27-17)11-12-7-8-13(25)10-15(12)26/h2-8,10,18-21,24,29-31H,1,9,11H2/t18-,19-,20+,21-,24?/m0/s1. The molecule has 0 spiro atoms. The number of aliphatic hydroxyl groups is 3. The highest BCUT2D eigenvalue weighted by atomic mass is 35.5. The van der Waals surface area contributed by atoms with Crippen LogP contribution in [0, 0.1) is 0 Å². The summed E-state index contributed by atoms with van der Waals surface area (Å²) in [5.41, 5.74) is 1.21. The van der Waals surface area contributed by atoms with Crippen molar-refractivity contribution in [1.82, 2.24) is 9.78 Å². The molecule has 0 amide bonds. The second kappa shape index (κ2) is 11.0. The Hall–Kier alpha value is -2.99. The van der Waals surface area contributed by atoms with Crippen LogP contribution in [0.5, 0.6) is 0 Å². The zero-order chi connectivity index (χ0) is 26.0. The zero-order valence-corrected chi connectivity index (χ0v) is 20.2. The molecular weight excluding hydrogens is 515 g/mol. The maximum atomic E-state index is 13.1. The Labute approximate surface area is 215 Å². The molecule has 2 heterocycles. The SMILES string of the molecule is C=CCOC(=O)[C@H]1OC(OC(=O)c2nn(Cc3ccc(Cl)cc3Cl)c3ccccc23)[C@H](O)[C@@H](O)[C@@H]1O. The monoisotopic (exact) mass is 536 g/mol. The summed E-state index contributed by atoms with van der Waals surface area (Å²) in [5, 5.41) is 36.3. The van der Waals surface area contributed by atoms with Crippen molar-refractivity contribution in [2.24, 2.45) is 0 Å². The minimum atomic E-state index is -1.85. The molecule has 1 saturated heterocycles. The van der Waals surface area contributed by atoms with Crippen LogP contribution in [0.25, 0.3) is 10.9 Å². The van der Waals surface area contributed by atoms with E-state index in [0.717, 1.165) is 0 Å². The minimum absolute atomic E-state index is 0.0992. The van der Waals surface area contributed by atoms with Crippen LogP contribution in [0.2, 0.25) is 10.0 Å². The van der Waals surface area contributed by atoms with Gasteiger partial charge in [-0.3, -0.25) is 4.68 Å². The summed E-state index contributed by atoms with van der Waals surface area (Å²) in [5.74, 6) is -2.01. The van der Waals surface area contributed by atoms with Gasteiger partial charge in [0, 0.05) is 15.4 Å². The molecule has 3 N–H and O–H groups in total. The molecular formula is C24H22Cl2N2O8. The third kappa shape index (κ3) is 5.24. The Bertz CT molecular complexity index is 1300. The molecule has 0 radical (unpaired) electrons. The quantitative estimate of drug-likeness (QED) is 0.305. The van der Waals surface area contributed by atoms with Crippen LogP contribution in [0.4, 0.5) is 0 Å². The lowest BCUT2D eigenvalue weighted by atomic mass is 9.99. The number of para-hydroxylation sites is 1. The van der Waals surface area contributed by atoms with E-state index in [1.807, 2.05) is 0 Å².